The summed E-state index contributed by atoms with van der Waals surface area (Å²) in [5, 5.41) is 0. The maximum atomic E-state index is 0. The minimum atomic E-state index is 0. The van der Waals surface area contributed by atoms with Crippen molar-refractivity contribution in [2.24, 2.45) is 0 Å². The molecule has 0 bridgehead atoms. The van der Waals surface area contributed by atoms with E-state index in [2.05, 4.69) is 0 Å². The second kappa shape index (κ2) is 110. The van der Waals surface area contributed by atoms with Gasteiger partial charge < -0.3 is 0 Å². The van der Waals surface area contributed by atoms with Gasteiger partial charge in [-0.3, -0.25) is 0 Å². The molecule has 32 valence electrons. The Balaban J connectivity index is 0. The molecule has 0 N–H and O–H groups in total. The molecule has 0 aromatic rings. The Kier molecular flexibility index (Phi) is 7720. The Hall–Kier alpha value is 0.430. The van der Waals surface area contributed by atoms with Gasteiger partial charge in [0.2, 0.25) is 0 Å². The van der Waals surface area contributed by atoms with Crippen molar-refractivity contribution in [1.82, 2.24) is 0 Å². The zero-order chi connectivity index (χ0) is 0. The quantitative estimate of drug-likeness (QED) is 0.392. The van der Waals surface area contributed by atoms with Gasteiger partial charge in [-0.25, -0.2) is 0 Å². The van der Waals surface area contributed by atoms with Crippen LogP contribution >= 0.6 is 9.90 Å². The van der Waals surface area contributed by atoms with Crippen LogP contribution < -0.4 is 0 Å². The third-order valence-electron chi connectivity index (χ3n) is 0. The van der Waals surface area contributed by atoms with E-state index in [9.17, 15) is 0 Å². The first-order chi connectivity index (χ1) is 0. The van der Waals surface area contributed by atoms with Crippen molar-refractivity contribution in [3.63, 3.8) is 0 Å². The van der Waals surface area contributed by atoms with Crippen molar-refractivity contribution >= 4 is 9.90 Å². The molecule has 0 saturated heterocycles. The van der Waals surface area contributed by atoms with E-state index in [-0.39, 0.29) is 32.2 Å². The first kappa shape index (κ1) is 282. The van der Waals surface area contributed by atoms with Crippen LogP contribution in [-0.4, -0.2) is 0 Å². The fourth-order valence-electron chi connectivity index (χ4n) is 0. The number of hydrogen-bond donors (Lipinski definition) is 0. The lowest BCUT2D eigenvalue weighted by molar-refractivity contribution is 2.50. The van der Waals surface area contributed by atoms with E-state index in [4.69, 9.17) is 0 Å². The predicted octanol–water partition coefficient (Wildman–Crippen LogP) is 1.97. The average Bonchev–Trinajstić information content (AvgIpc) is 0. The van der Waals surface area contributed by atoms with Crippen LogP contribution in [0.15, 0.2) is 0 Å². The average molecular weight is 82.1 g/mol. The number of rotatable bonds is 0. The summed E-state index contributed by atoms with van der Waals surface area (Å²) in [5.41, 5.74) is 0. The molecule has 0 fully saturated rings. The summed E-state index contributed by atoms with van der Waals surface area (Å²) in [7, 11) is 0. The molecule has 1 heteroatoms. The van der Waals surface area contributed by atoms with Crippen molar-refractivity contribution in [2.75, 3.05) is 0 Å². The van der Waals surface area contributed by atoms with E-state index in [1.54, 1.807) is 0 Å². The highest BCUT2D eigenvalue weighted by molar-refractivity contribution is 6.92. The van der Waals surface area contributed by atoms with Gasteiger partial charge in [0, 0.05) is 0 Å². The van der Waals surface area contributed by atoms with Gasteiger partial charge in [0.25, 0.3) is 0 Å². The van der Waals surface area contributed by atoms with Crippen LogP contribution in [0.5, 0.6) is 0 Å². The molecule has 0 saturated carbocycles. The van der Waals surface area contributed by atoms with E-state index in [0.29, 0.717) is 0 Å². The van der Waals surface area contributed by atoms with E-state index in [1.165, 1.54) is 0 Å². The topological polar surface area (TPSA) is 0 Å². The first-order valence-corrected chi connectivity index (χ1v) is 0. The maximum Gasteiger partial charge on any atom is -0.0776 e. The monoisotopic (exact) mass is 82.1 g/mol. The SMILES string of the molecule is C.C.C.P. The van der Waals surface area contributed by atoms with Crippen LogP contribution in [0.1, 0.15) is 22.3 Å². The van der Waals surface area contributed by atoms with Gasteiger partial charge in [0.1, 0.15) is 0 Å². The van der Waals surface area contributed by atoms with Crippen LogP contribution in [0.3, 0.4) is 0 Å². The first-order valence-electron chi connectivity index (χ1n) is 0. The smallest absolute Gasteiger partial charge is 0.0776 e. The van der Waals surface area contributed by atoms with Crippen LogP contribution in [0, 0.1) is 0 Å². The van der Waals surface area contributed by atoms with Crippen molar-refractivity contribution in [1.29, 1.82) is 0 Å². The molecule has 0 aliphatic heterocycles. The van der Waals surface area contributed by atoms with Crippen molar-refractivity contribution in [3.8, 4) is 0 Å². The molecule has 0 heterocycles. The van der Waals surface area contributed by atoms with Gasteiger partial charge in [-0.1, -0.05) is 22.3 Å². The predicted molar refractivity (Wildman–Crippen MR) is 31.3 cm³/mol. The third kappa shape index (κ3) is 26.9. The summed E-state index contributed by atoms with van der Waals surface area (Å²) in [6.45, 7) is 0. The highest BCUT2D eigenvalue weighted by Gasteiger charge is -0.0755. The molecule has 0 nitrogen and oxygen atoms in total. The van der Waals surface area contributed by atoms with Crippen LogP contribution in [0.4, 0.5) is 0 Å². The summed E-state index contributed by atoms with van der Waals surface area (Å²) in [5.74, 6) is 0. The number of hydrogen-bond acceptors (Lipinski definition) is 0. The van der Waals surface area contributed by atoms with Crippen molar-refractivity contribution in [3.05, 3.63) is 0 Å². The largest absolute Gasteiger partial charge is 0.153 e. The Morgan fingerprint density at radius 2 is 0.500 bits per heavy atom. The second-order valence-electron chi connectivity index (χ2n) is 0. The molecular formula is C3H15P. The molecule has 0 aliphatic carbocycles. The zero-order valence-corrected chi connectivity index (χ0v) is 2.12. The molecule has 0 aromatic heterocycles. The molecule has 4 heavy (non-hydrogen) atoms. The summed E-state index contributed by atoms with van der Waals surface area (Å²) in [6.07, 6.45) is 0. The third-order valence-corrected chi connectivity index (χ3v) is 0. The molecule has 0 aliphatic rings. The summed E-state index contributed by atoms with van der Waals surface area (Å²) >= 11 is 0. The Labute approximate surface area is 33.2 Å². The fraction of sp³-hybridized carbons (Fsp3) is 1.00. The van der Waals surface area contributed by atoms with E-state index < -0.39 is 0 Å². The Bertz CT molecular complexity index is 3.25. The summed E-state index contributed by atoms with van der Waals surface area (Å²) < 4.78 is 0. The van der Waals surface area contributed by atoms with Gasteiger partial charge >= 0.3 is 0 Å². The van der Waals surface area contributed by atoms with Crippen molar-refractivity contribution in [2.45, 2.75) is 22.3 Å². The normalized spacial score (nSPS) is 0. The van der Waals surface area contributed by atoms with E-state index in [1.807, 2.05) is 0 Å². The van der Waals surface area contributed by atoms with Crippen molar-refractivity contribution < 1.29 is 0 Å². The highest BCUT2D eigenvalue weighted by atomic mass is 31.0. The summed E-state index contributed by atoms with van der Waals surface area (Å²) in [6, 6.07) is 0. The lowest BCUT2D eigenvalue weighted by atomic mass is 12.0. The summed E-state index contributed by atoms with van der Waals surface area (Å²) in [4.78, 5) is 0. The molecule has 1 unspecified atom stereocenters. The zero-order valence-electron chi connectivity index (χ0n) is 0.707. The van der Waals surface area contributed by atoms with Crippen LogP contribution in [-0.2, 0) is 0 Å². The molecule has 0 radical (unpaired) electrons. The lowest BCUT2D eigenvalue weighted by Gasteiger charge is -0.153. The second-order valence-corrected chi connectivity index (χ2v) is 0. The van der Waals surface area contributed by atoms with Gasteiger partial charge in [-0.2, -0.15) is 9.90 Å². The minimum absolute atomic E-state index is 0. The standard InChI is InChI=1S/3CH4.H3P/h3*1H4;1H3. The molecule has 1 atom stereocenters. The fourth-order valence-corrected chi connectivity index (χ4v) is 0. The Morgan fingerprint density at radius 1 is 0.500 bits per heavy atom. The highest BCUT2D eigenvalue weighted by Crippen LogP contribution is 0.861. The molecule has 0 amide bonds. The van der Waals surface area contributed by atoms with E-state index in [0.717, 1.165) is 0 Å². The maximum absolute atomic E-state index is 0. The molecule has 0 spiro atoms. The molecule has 0 aromatic carbocycles. The minimum Gasteiger partial charge on any atom is -0.153 e. The van der Waals surface area contributed by atoms with E-state index >= 15 is 0 Å². The Morgan fingerprint density at radius 3 is 0.500 bits per heavy atom. The van der Waals surface area contributed by atoms with Crippen LogP contribution in [0.2, 0.25) is 0 Å². The van der Waals surface area contributed by atoms with Gasteiger partial charge in [0.05, 0.1) is 0 Å². The van der Waals surface area contributed by atoms with Gasteiger partial charge in [-0.05, 0) is 0 Å². The van der Waals surface area contributed by atoms with Gasteiger partial charge in [0.15, 0.2) is 0 Å². The van der Waals surface area contributed by atoms with Gasteiger partial charge in [-0.15, -0.1) is 0 Å². The molecular weight excluding hydrogens is 67.0 g/mol. The van der Waals surface area contributed by atoms with Crippen LogP contribution in [0.25, 0.3) is 0 Å². The molecule has 0 rings (SSSR count). The lowest BCUT2D eigenvalue weighted by Crippen LogP contribution is 0.143.